The van der Waals surface area contributed by atoms with Gasteiger partial charge in [0, 0.05) is 29.9 Å². The van der Waals surface area contributed by atoms with Gasteiger partial charge in [-0.05, 0) is 43.9 Å². The highest BCUT2D eigenvalue weighted by Gasteiger charge is 2.30. The summed E-state index contributed by atoms with van der Waals surface area (Å²) >= 11 is 0. The molecule has 214 valence electrons. The zero-order chi connectivity index (χ0) is 28.9. The maximum Gasteiger partial charge on any atom is 0.328 e. The van der Waals surface area contributed by atoms with E-state index in [1.54, 1.807) is 12.3 Å². The lowest BCUT2D eigenvalue weighted by Crippen LogP contribution is -2.58. The molecule has 0 saturated heterocycles. The number of benzene rings is 1. The van der Waals surface area contributed by atoms with Crippen molar-refractivity contribution in [3.8, 4) is 0 Å². The van der Waals surface area contributed by atoms with Crippen LogP contribution in [-0.2, 0) is 30.4 Å². The van der Waals surface area contributed by atoms with Gasteiger partial charge in [-0.3, -0.25) is 19.2 Å². The third-order valence-corrected chi connectivity index (χ3v) is 6.11. The van der Waals surface area contributed by atoms with E-state index in [1.165, 1.54) is 0 Å². The summed E-state index contributed by atoms with van der Waals surface area (Å²) in [4.78, 5) is 64.2. The standard InChI is InChI=1S/C25H36N6O8/c26-10-4-3-7-18(29-22(35)16(27)8-9-21(33)34)23(36)30-19(24(37)31-20(13-32)25(38)39)11-14-12-28-17-6-2-1-5-15(14)17/h1-2,5-6,12,16,18-20,28,32H,3-4,7-11,13,26-27H2,(H,29,35)(H,30,36)(H,31,37)(H,33,34)(H,38,39). The summed E-state index contributed by atoms with van der Waals surface area (Å²) in [5, 5.41) is 35.6. The maximum absolute atomic E-state index is 13.3. The average Bonchev–Trinajstić information content (AvgIpc) is 3.31. The number of carbonyl (C=O) groups excluding carboxylic acids is 3. The highest BCUT2D eigenvalue weighted by Crippen LogP contribution is 2.19. The lowest BCUT2D eigenvalue weighted by Gasteiger charge is -2.25. The number of carboxylic acids is 2. The molecule has 14 nitrogen and oxygen atoms in total. The van der Waals surface area contributed by atoms with Crippen molar-refractivity contribution in [1.82, 2.24) is 20.9 Å². The van der Waals surface area contributed by atoms with Crippen LogP contribution in [0.3, 0.4) is 0 Å². The lowest BCUT2D eigenvalue weighted by atomic mass is 10.0. The third kappa shape index (κ3) is 9.67. The van der Waals surface area contributed by atoms with Crippen molar-refractivity contribution in [2.45, 2.75) is 62.7 Å². The zero-order valence-electron chi connectivity index (χ0n) is 21.4. The molecule has 0 aliphatic carbocycles. The van der Waals surface area contributed by atoms with Crippen molar-refractivity contribution < 1.29 is 39.3 Å². The van der Waals surface area contributed by atoms with E-state index in [9.17, 15) is 34.2 Å². The summed E-state index contributed by atoms with van der Waals surface area (Å²) in [6.45, 7) is -0.509. The summed E-state index contributed by atoms with van der Waals surface area (Å²) in [5.74, 6) is -4.87. The highest BCUT2D eigenvalue weighted by atomic mass is 16.4. The van der Waals surface area contributed by atoms with Crippen molar-refractivity contribution in [3.63, 3.8) is 0 Å². The second-order valence-electron chi connectivity index (χ2n) is 9.09. The average molecular weight is 549 g/mol. The minimum Gasteiger partial charge on any atom is -0.481 e. The molecule has 0 saturated carbocycles. The molecule has 0 spiro atoms. The molecular formula is C25H36N6O8. The van der Waals surface area contributed by atoms with Gasteiger partial charge in [0.25, 0.3) is 0 Å². The lowest BCUT2D eigenvalue weighted by molar-refractivity contribution is -0.143. The molecule has 0 bridgehead atoms. The summed E-state index contributed by atoms with van der Waals surface area (Å²) in [6, 6.07) is 2.13. The molecule has 2 aromatic rings. The van der Waals surface area contributed by atoms with E-state index < -0.39 is 60.4 Å². The van der Waals surface area contributed by atoms with Crippen LogP contribution in [0.4, 0.5) is 0 Å². The quantitative estimate of drug-likeness (QED) is 0.104. The van der Waals surface area contributed by atoms with Crippen LogP contribution in [-0.4, -0.2) is 87.3 Å². The Bertz CT molecular complexity index is 1150. The number of rotatable bonds is 17. The zero-order valence-corrected chi connectivity index (χ0v) is 21.4. The molecule has 0 aliphatic heterocycles. The predicted octanol–water partition coefficient (Wildman–Crippen LogP) is -1.44. The van der Waals surface area contributed by atoms with E-state index in [0.717, 1.165) is 10.9 Å². The monoisotopic (exact) mass is 548 g/mol. The highest BCUT2D eigenvalue weighted by molar-refractivity contribution is 5.95. The number of amides is 3. The molecule has 11 N–H and O–H groups in total. The molecule has 0 fully saturated rings. The largest absolute Gasteiger partial charge is 0.481 e. The number of aliphatic hydroxyl groups is 1. The number of aliphatic hydroxyl groups excluding tert-OH is 1. The smallest absolute Gasteiger partial charge is 0.328 e. The Balaban J connectivity index is 2.26. The van der Waals surface area contributed by atoms with Crippen molar-refractivity contribution in [2.75, 3.05) is 13.2 Å². The first-order valence-electron chi connectivity index (χ1n) is 12.5. The second kappa shape index (κ2) is 15.4. The Morgan fingerprint density at radius 3 is 2.15 bits per heavy atom. The minimum atomic E-state index is -1.59. The van der Waals surface area contributed by atoms with Gasteiger partial charge in [-0.1, -0.05) is 18.2 Å². The molecule has 39 heavy (non-hydrogen) atoms. The Labute approximate surface area is 224 Å². The van der Waals surface area contributed by atoms with E-state index in [2.05, 4.69) is 20.9 Å². The summed E-state index contributed by atoms with van der Waals surface area (Å²) in [7, 11) is 0. The first kappa shape index (κ1) is 31.2. The van der Waals surface area contributed by atoms with Crippen molar-refractivity contribution in [1.29, 1.82) is 0 Å². The van der Waals surface area contributed by atoms with Gasteiger partial charge in [0.15, 0.2) is 0 Å². The molecule has 1 heterocycles. The normalized spacial score (nSPS) is 14.1. The number of aromatic amines is 1. The molecule has 1 aromatic carbocycles. The van der Waals surface area contributed by atoms with Crippen molar-refractivity contribution >= 4 is 40.6 Å². The van der Waals surface area contributed by atoms with Gasteiger partial charge in [0.1, 0.15) is 18.1 Å². The first-order valence-corrected chi connectivity index (χ1v) is 12.5. The minimum absolute atomic E-state index is 0.0268. The van der Waals surface area contributed by atoms with E-state index in [4.69, 9.17) is 16.6 Å². The molecule has 14 heteroatoms. The van der Waals surface area contributed by atoms with Gasteiger partial charge in [0.05, 0.1) is 12.6 Å². The van der Waals surface area contributed by atoms with Crippen LogP contribution >= 0.6 is 0 Å². The molecule has 3 amide bonds. The summed E-state index contributed by atoms with van der Waals surface area (Å²) in [5.41, 5.74) is 12.8. The number of aromatic nitrogens is 1. The molecular weight excluding hydrogens is 512 g/mol. The Morgan fingerprint density at radius 1 is 0.872 bits per heavy atom. The van der Waals surface area contributed by atoms with Gasteiger partial charge in [-0.2, -0.15) is 0 Å². The van der Waals surface area contributed by atoms with Gasteiger partial charge < -0.3 is 47.7 Å². The number of carbonyl (C=O) groups is 5. The van der Waals surface area contributed by atoms with Crippen LogP contribution in [0.5, 0.6) is 0 Å². The first-order chi connectivity index (χ1) is 18.6. The number of carboxylic acid groups (broad SMARTS) is 2. The number of fused-ring (bicyclic) bond motifs is 1. The van der Waals surface area contributed by atoms with E-state index in [1.807, 2.05) is 18.2 Å². The number of unbranched alkanes of at least 4 members (excludes halogenated alkanes) is 1. The van der Waals surface area contributed by atoms with Crippen LogP contribution < -0.4 is 27.4 Å². The third-order valence-electron chi connectivity index (χ3n) is 6.11. The van der Waals surface area contributed by atoms with Gasteiger partial charge in [-0.25, -0.2) is 4.79 Å². The molecule has 0 aliphatic rings. The number of para-hydroxylation sites is 1. The number of nitrogens with one attached hydrogen (secondary N) is 4. The summed E-state index contributed by atoms with van der Waals surface area (Å²) < 4.78 is 0. The van der Waals surface area contributed by atoms with Crippen LogP contribution in [0.2, 0.25) is 0 Å². The van der Waals surface area contributed by atoms with E-state index >= 15 is 0 Å². The van der Waals surface area contributed by atoms with E-state index in [0.29, 0.717) is 24.9 Å². The van der Waals surface area contributed by atoms with Crippen LogP contribution in [0.25, 0.3) is 10.9 Å². The maximum atomic E-state index is 13.3. The number of nitrogens with two attached hydrogens (primary N) is 2. The SMILES string of the molecule is NCCCCC(NC(=O)C(N)CCC(=O)O)C(=O)NC(Cc1c[nH]c2ccccc12)C(=O)NC(CO)C(=O)O. The molecule has 4 atom stereocenters. The van der Waals surface area contributed by atoms with Crippen molar-refractivity contribution in [2.24, 2.45) is 11.5 Å². The predicted molar refractivity (Wildman–Crippen MR) is 140 cm³/mol. The van der Waals surface area contributed by atoms with Crippen molar-refractivity contribution in [3.05, 3.63) is 36.0 Å². The fourth-order valence-electron chi connectivity index (χ4n) is 3.91. The van der Waals surface area contributed by atoms with E-state index in [-0.39, 0.29) is 25.7 Å². The number of hydrogen-bond donors (Lipinski definition) is 9. The van der Waals surface area contributed by atoms with Crippen LogP contribution in [0.1, 0.15) is 37.7 Å². The van der Waals surface area contributed by atoms with Crippen LogP contribution in [0.15, 0.2) is 30.5 Å². The molecule has 2 rings (SSSR count). The van der Waals surface area contributed by atoms with Gasteiger partial charge in [0.2, 0.25) is 17.7 Å². The fourth-order valence-corrected chi connectivity index (χ4v) is 3.91. The fraction of sp³-hybridized carbons (Fsp3) is 0.480. The number of hydrogen-bond acceptors (Lipinski definition) is 8. The number of H-pyrrole nitrogens is 1. The van der Waals surface area contributed by atoms with Crippen LogP contribution in [0, 0.1) is 0 Å². The molecule has 4 unspecified atom stereocenters. The van der Waals surface area contributed by atoms with Gasteiger partial charge in [-0.15, -0.1) is 0 Å². The molecule has 1 aromatic heterocycles. The summed E-state index contributed by atoms with van der Waals surface area (Å²) in [6.07, 6.45) is 2.35. The molecule has 0 radical (unpaired) electrons. The number of aliphatic carboxylic acids is 2. The van der Waals surface area contributed by atoms with Gasteiger partial charge >= 0.3 is 11.9 Å². The Morgan fingerprint density at radius 2 is 1.51 bits per heavy atom. The topological polar surface area (TPSA) is 250 Å². The Kier molecular flexibility index (Phi) is 12.3. The second-order valence-corrected chi connectivity index (χ2v) is 9.09. The Hall–Kier alpha value is -4.01.